The zero-order valence-corrected chi connectivity index (χ0v) is 18.5. The summed E-state index contributed by atoms with van der Waals surface area (Å²) in [7, 11) is 0. The monoisotopic (exact) mass is 431 g/mol. The molecule has 2 aromatic carbocycles. The molecule has 1 saturated heterocycles. The van der Waals surface area contributed by atoms with E-state index in [1.54, 1.807) is 12.4 Å². The molecular weight excluding hydrogens is 402 g/mol. The highest BCUT2D eigenvalue weighted by molar-refractivity contribution is 7.81. The van der Waals surface area contributed by atoms with Gasteiger partial charge in [0.05, 0.1) is 6.42 Å². The first-order valence-corrected chi connectivity index (χ1v) is 11.4. The van der Waals surface area contributed by atoms with Gasteiger partial charge in [0.15, 0.2) is 0 Å². The summed E-state index contributed by atoms with van der Waals surface area (Å²) in [5.41, 5.74) is 3.37. The molecule has 1 aromatic heterocycles. The summed E-state index contributed by atoms with van der Waals surface area (Å²) in [5, 5.41) is 3.79. The second kappa shape index (κ2) is 10.6. The van der Waals surface area contributed by atoms with E-state index in [9.17, 15) is 4.79 Å². The molecule has 31 heavy (non-hydrogen) atoms. The number of amides is 1. The van der Waals surface area contributed by atoms with Crippen molar-refractivity contribution in [3.05, 3.63) is 102 Å². The molecule has 1 aliphatic heterocycles. The van der Waals surface area contributed by atoms with Crippen molar-refractivity contribution in [1.82, 2.24) is 15.2 Å². The van der Waals surface area contributed by atoms with Gasteiger partial charge in [0.2, 0.25) is 5.91 Å². The van der Waals surface area contributed by atoms with Crippen LogP contribution in [-0.2, 0) is 11.2 Å². The number of benzene rings is 2. The Morgan fingerprint density at radius 2 is 1.71 bits per heavy atom. The minimum atomic E-state index is 0.111. The number of carbonyl (C=O) groups excluding carboxylic acids is 1. The Morgan fingerprint density at radius 1 is 1.03 bits per heavy atom. The summed E-state index contributed by atoms with van der Waals surface area (Å²) in [6, 6.07) is 25.0. The molecule has 1 fully saturated rings. The number of nitrogens with one attached hydrogen (secondary N) is 1. The molecule has 0 aliphatic carbocycles. The Bertz CT molecular complexity index is 913. The third kappa shape index (κ3) is 5.75. The first-order valence-electron chi connectivity index (χ1n) is 10.9. The zero-order valence-electron chi connectivity index (χ0n) is 17.6. The van der Waals surface area contributed by atoms with Gasteiger partial charge in [-0.3, -0.25) is 9.78 Å². The number of hydrogen-bond acceptors (Lipinski definition) is 4. The van der Waals surface area contributed by atoms with Gasteiger partial charge in [-0.1, -0.05) is 66.7 Å². The highest BCUT2D eigenvalue weighted by Crippen LogP contribution is 2.27. The molecule has 0 bridgehead atoms. The van der Waals surface area contributed by atoms with Crippen molar-refractivity contribution < 1.29 is 4.79 Å². The van der Waals surface area contributed by atoms with Crippen LogP contribution >= 0.6 is 12.6 Å². The average Bonchev–Trinajstić information content (AvgIpc) is 3.22. The van der Waals surface area contributed by atoms with Gasteiger partial charge in [-0.25, -0.2) is 0 Å². The first-order chi connectivity index (χ1) is 15.2. The molecule has 0 radical (unpaired) electrons. The lowest BCUT2D eigenvalue weighted by Gasteiger charge is -2.31. The Morgan fingerprint density at radius 3 is 2.26 bits per heavy atom. The smallest absolute Gasteiger partial charge is 0.227 e. The maximum atomic E-state index is 13.5. The van der Waals surface area contributed by atoms with Crippen molar-refractivity contribution in [2.75, 3.05) is 19.6 Å². The molecule has 4 rings (SSSR count). The molecule has 0 spiro atoms. The average molecular weight is 432 g/mol. The van der Waals surface area contributed by atoms with Crippen LogP contribution in [0.2, 0.25) is 0 Å². The number of rotatable bonds is 8. The quantitative estimate of drug-likeness (QED) is 0.531. The Kier molecular flexibility index (Phi) is 7.39. The minimum absolute atomic E-state index is 0.111. The van der Waals surface area contributed by atoms with Crippen LogP contribution in [0, 0.1) is 0 Å². The molecule has 1 aliphatic rings. The third-order valence-corrected chi connectivity index (χ3v) is 6.58. The van der Waals surface area contributed by atoms with E-state index in [4.69, 9.17) is 12.6 Å². The van der Waals surface area contributed by atoms with E-state index in [-0.39, 0.29) is 23.1 Å². The van der Waals surface area contributed by atoms with Crippen LogP contribution < -0.4 is 5.32 Å². The lowest BCUT2D eigenvalue weighted by molar-refractivity contribution is -0.131. The first kappa shape index (κ1) is 21.6. The molecule has 1 N–H and O–H groups in total. The van der Waals surface area contributed by atoms with Gasteiger partial charge in [-0.15, -0.1) is 0 Å². The number of aromatic nitrogens is 1. The number of thiol groups is 1. The van der Waals surface area contributed by atoms with Gasteiger partial charge in [0.1, 0.15) is 0 Å². The van der Waals surface area contributed by atoms with E-state index in [1.165, 1.54) is 11.1 Å². The molecule has 3 aromatic rings. The molecular formula is C26H29N3OS. The molecule has 0 unspecified atom stereocenters. The highest BCUT2D eigenvalue weighted by atomic mass is 32.1. The topological polar surface area (TPSA) is 45.2 Å². The largest absolute Gasteiger partial charge is 0.340 e. The third-order valence-electron chi connectivity index (χ3n) is 5.97. The van der Waals surface area contributed by atoms with Crippen LogP contribution in [0.25, 0.3) is 0 Å². The minimum Gasteiger partial charge on any atom is -0.340 e. The van der Waals surface area contributed by atoms with Gasteiger partial charge in [0, 0.05) is 42.7 Å². The Balaban J connectivity index is 1.61. The summed E-state index contributed by atoms with van der Waals surface area (Å²) in [4.78, 5) is 19.6. The molecule has 1 amide bonds. The fourth-order valence-electron chi connectivity index (χ4n) is 4.24. The number of nitrogens with zero attached hydrogens (tertiary/aromatic N) is 2. The predicted molar refractivity (Wildman–Crippen MR) is 128 cm³/mol. The fraction of sp³-hybridized carbons (Fsp3) is 0.308. The fourth-order valence-corrected chi connectivity index (χ4v) is 4.57. The van der Waals surface area contributed by atoms with E-state index in [1.807, 2.05) is 29.2 Å². The van der Waals surface area contributed by atoms with Crippen LogP contribution in [0.4, 0.5) is 0 Å². The van der Waals surface area contributed by atoms with E-state index in [2.05, 4.69) is 58.8 Å². The lowest BCUT2D eigenvalue weighted by atomic mass is 9.90. The maximum absolute atomic E-state index is 13.5. The van der Waals surface area contributed by atoms with Crippen molar-refractivity contribution in [3.8, 4) is 0 Å². The van der Waals surface area contributed by atoms with Gasteiger partial charge >= 0.3 is 0 Å². The van der Waals surface area contributed by atoms with Gasteiger partial charge in [0.25, 0.3) is 0 Å². The van der Waals surface area contributed by atoms with E-state index >= 15 is 0 Å². The Hall–Kier alpha value is -2.63. The maximum Gasteiger partial charge on any atom is 0.227 e. The van der Waals surface area contributed by atoms with Crippen molar-refractivity contribution in [2.24, 2.45) is 0 Å². The summed E-state index contributed by atoms with van der Waals surface area (Å²) in [5.74, 6) is 0.235. The Labute approximate surface area is 190 Å². The van der Waals surface area contributed by atoms with Gasteiger partial charge < -0.3 is 10.2 Å². The van der Waals surface area contributed by atoms with Gasteiger partial charge in [-0.2, -0.15) is 12.6 Å². The van der Waals surface area contributed by atoms with E-state index in [0.717, 1.165) is 18.5 Å². The van der Waals surface area contributed by atoms with Crippen molar-refractivity contribution in [2.45, 2.75) is 30.1 Å². The van der Waals surface area contributed by atoms with E-state index in [0.29, 0.717) is 19.5 Å². The van der Waals surface area contributed by atoms with Crippen LogP contribution in [0.3, 0.4) is 0 Å². The molecule has 0 saturated carbocycles. The van der Waals surface area contributed by atoms with Crippen LogP contribution in [0.5, 0.6) is 0 Å². The molecule has 2 atom stereocenters. The summed E-state index contributed by atoms with van der Waals surface area (Å²) >= 11 is 4.75. The summed E-state index contributed by atoms with van der Waals surface area (Å²) in [6.07, 6.45) is 4.89. The normalized spacial score (nSPS) is 18.3. The van der Waals surface area contributed by atoms with E-state index < -0.39 is 0 Å². The van der Waals surface area contributed by atoms with Gasteiger partial charge in [-0.05, 0) is 35.7 Å². The standard InChI is InChI=1S/C26H29N3OS/c30-26(16-20-8-7-14-27-17-20)29(19-24-25(31)13-15-28-24)18-23(21-9-3-1-4-10-21)22-11-5-2-6-12-22/h1-12,14,17,23-25,28,31H,13,15-16,18-19H2/t24-,25-/m0/s1. The lowest BCUT2D eigenvalue weighted by Crippen LogP contribution is -2.46. The summed E-state index contributed by atoms with van der Waals surface area (Å²) in [6.45, 7) is 2.24. The van der Waals surface area contributed by atoms with Crippen molar-refractivity contribution in [3.63, 3.8) is 0 Å². The molecule has 2 heterocycles. The second-order valence-corrected chi connectivity index (χ2v) is 8.79. The highest BCUT2D eigenvalue weighted by Gasteiger charge is 2.29. The SMILES string of the molecule is O=C(Cc1cccnc1)N(CC(c1ccccc1)c1ccccc1)C[C@@H]1NCC[C@@H]1S. The van der Waals surface area contributed by atoms with Crippen molar-refractivity contribution in [1.29, 1.82) is 0 Å². The van der Waals surface area contributed by atoms with Crippen LogP contribution in [-0.4, -0.2) is 46.7 Å². The zero-order chi connectivity index (χ0) is 21.5. The number of pyridine rings is 1. The van der Waals surface area contributed by atoms with Crippen LogP contribution in [0.1, 0.15) is 29.0 Å². The molecule has 160 valence electrons. The second-order valence-electron chi connectivity index (χ2n) is 8.13. The predicted octanol–water partition coefficient (Wildman–Crippen LogP) is 3.95. The molecule has 4 nitrogen and oxygen atoms in total. The number of hydrogen-bond donors (Lipinski definition) is 2. The number of carbonyl (C=O) groups is 1. The summed E-state index contributed by atoms with van der Waals surface area (Å²) < 4.78 is 0. The van der Waals surface area contributed by atoms with Crippen LogP contribution in [0.15, 0.2) is 85.2 Å². The molecule has 5 heteroatoms. The van der Waals surface area contributed by atoms with Crippen molar-refractivity contribution >= 4 is 18.5 Å².